The lowest BCUT2D eigenvalue weighted by molar-refractivity contribution is 0.155. The normalized spacial score (nSPS) is 17.3. The highest BCUT2D eigenvalue weighted by atomic mass is 16.5. The Balaban J connectivity index is 2.07. The van der Waals surface area contributed by atoms with Crippen molar-refractivity contribution in [1.29, 1.82) is 0 Å². The molecular formula is C16H25N3O2. The number of benzene rings is 1. The maximum atomic E-state index is 9.31. The van der Waals surface area contributed by atoms with Crippen LogP contribution in [0.4, 0.5) is 0 Å². The Kier molecular flexibility index (Phi) is 5.47. The monoisotopic (exact) mass is 291 g/mol. The third kappa shape index (κ3) is 4.12. The summed E-state index contributed by atoms with van der Waals surface area (Å²) in [5.41, 5.74) is 7.84. The molecular weight excluding hydrogens is 266 g/mol. The minimum atomic E-state index is -0.195. The summed E-state index contributed by atoms with van der Waals surface area (Å²) in [4.78, 5) is 0. The van der Waals surface area contributed by atoms with Crippen molar-refractivity contribution in [2.75, 3.05) is 13.7 Å². The smallest absolute Gasteiger partial charge is 0.119 e. The molecule has 0 heterocycles. The van der Waals surface area contributed by atoms with Crippen LogP contribution in [0.25, 0.3) is 5.70 Å². The first kappa shape index (κ1) is 15.7. The van der Waals surface area contributed by atoms with Gasteiger partial charge in [-0.05, 0) is 55.5 Å². The number of ether oxygens (including phenoxy) is 1. The summed E-state index contributed by atoms with van der Waals surface area (Å²) in [5.74, 6) is 6.52. The van der Waals surface area contributed by atoms with E-state index in [1.165, 1.54) is 24.3 Å². The molecule has 116 valence electrons. The molecule has 2 rings (SSSR count). The van der Waals surface area contributed by atoms with Crippen LogP contribution in [0.5, 0.6) is 5.75 Å². The Morgan fingerprint density at radius 1 is 1.24 bits per heavy atom. The zero-order valence-electron chi connectivity index (χ0n) is 12.6. The van der Waals surface area contributed by atoms with Crippen molar-refractivity contribution in [3.8, 4) is 5.75 Å². The van der Waals surface area contributed by atoms with Gasteiger partial charge in [0.05, 0.1) is 24.1 Å². The summed E-state index contributed by atoms with van der Waals surface area (Å²) in [6, 6.07) is 7.63. The zero-order valence-corrected chi connectivity index (χ0v) is 12.6. The topological polar surface area (TPSA) is 84.7 Å². The molecule has 0 bridgehead atoms. The van der Waals surface area contributed by atoms with Crippen LogP contribution in [-0.4, -0.2) is 29.9 Å². The molecule has 0 saturated heterocycles. The fourth-order valence-corrected chi connectivity index (χ4v) is 2.64. The molecule has 0 amide bonds. The Labute approximate surface area is 126 Å². The lowest BCUT2D eigenvalue weighted by Gasteiger charge is -2.23. The molecule has 5 nitrogen and oxygen atoms in total. The van der Waals surface area contributed by atoms with Crippen LogP contribution in [-0.2, 0) is 0 Å². The van der Waals surface area contributed by atoms with Gasteiger partial charge in [0.25, 0.3) is 0 Å². The molecule has 0 unspecified atom stereocenters. The van der Waals surface area contributed by atoms with Crippen molar-refractivity contribution in [2.24, 2.45) is 11.6 Å². The van der Waals surface area contributed by atoms with Gasteiger partial charge in [-0.2, -0.15) is 0 Å². The van der Waals surface area contributed by atoms with Crippen molar-refractivity contribution in [1.82, 2.24) is 5.01 Å². The highest BCUT2D eigenvalue weighted by Crippen LogP contribution is 2.24. The van der Waals surface area contributed by atoms with E-state index in [4.69, 9.17) is 16.3 Å². The number of rotatable bonds is 5. The highest BCUT2D eigenvalue weighted by Gasteiger charge is 2.15. The van der Waals surface area contributed by atoms with E-state index in [2.05, 4.69) is 0 Å². The van der Waals surface area contributed by atoms with Gasteiger partial charge in [-0.25, -0.2) is 5.84 Å². The van der Waals surface area contributed by atoms with Gasteiger partial charge in [0, 0.05) is 7.05 Å². The minimum Gasteiger partial charge on any atom is -0.490 e. The lowest BCUT2D eigenvalue weighted by Crippen LogP contribution is -2.29. The Morgan fingerprint density at radius 2 is 1.86 bits per heavy atom. The number of nitrogens with two attached hydrogens (primary N) is 2. The molecule has 0 spiro atoms. The van der Waals surface area contributed by atoms with Crippen LogP contribution >= 0.6 is 0 Å². The lowest BCUT2D eigenvalue weighted by atomic mass is 9.98. The average molecular weight is 291 g/mol. The van der Waals surface area contributed by atoms with Crippen LogP contribution in [0.2, 0.25) is 0 Å². The summed E-state index contributed by atoms with van der Waals surface area (Å²) in [6.45, 7) is -0.195. The summed E-state index contributed by atoms with van der Waals surface area (Å²) >= 11 is 0. The number of hydrazine groups is 1. The Morgan fingerprint density at radius 3 is 2.38 bits per heavy atom. The van der Waals surface area contributed by atoms with E-state index in [0.29, 0.717) is 17.5 Å². The first-order valence-corrected chi connectivity index (χ1v) is 7.47. The third-order valence-electron chi connectivity index (χ3n) is 3.91. The van der Waals surface area contributed by atoms with E-state index in [0.717, 1.165) is 24.2 Å². The fraction of sp³-hybridized carbons (Fsp3) is 0.500. The highest BCUT2D eigenvalue weighted by molar-refractivity contribution is 5.66. The molecule has 5 N–H and O–H groups in total. The van der Waals surface area contributed by atoms with Crippen LogP contribution < -0.4 is 16.3 Å². The van der Waals surface area contributed by atoms with Crippen LogP contribution in [0.1, 0.15) is 37.7 Å². The molecule has 1 aliphatic rings. The molecule has 5 heteroatoms. The average Bonchev–Trinajstić information content (AvgIpc) is 2.49. The number of aliphatic hydroxyl groups is 1. The van der Waals surface area contributed by atoms with Crippen molar-refractivity contribution in [3.05, 3.63) is 35.5 Å². The minimum absolute atomic E-state index is 0.195. The molecule has 21 heavy (non-hydrogen) atoms. The van der Waals surface area contributed by atoms with Gasteiger partial charge in [-0.1, -0.05) is 6.42 Å². The summed E-state index contributed by atoms with van der Waals surface area (Å²) in [5, 5.41) is 10.6. The number of nitrogens with zero attached hydrogens (tertiary/aromatic N) is 1. The van der Waals surface area contributed by atoms with Crippen molar-refractivity contribution in [3.63, 3.8) is 0 Å². The van der Waals surface area contributed by atoms with Crippen LogP contribution in [0.3, 0.4) is 0 Å². The second-order valence-electron chi connectivity index (χ2n) is 5.53. The second kappa shape index (κ2) is 7.33. The summed E-state index contributed by atoms with van der Waals surface area (Å²) < 4.78 is 5.98. The molecule has 0 aromatic heterocycles. The van der Waals surface area contributed by atoms with E-state index >= 15 is 0 Å². The van der Waals surface area contributed by atoms with E-state index in [1.54, 1.807) is 7.05 Å². The van der Waals surface area contributed by atoms with Gasteiger partial charge in [-0.15, -0.1) is 0 Å². The number of aliphatic hydroxyl groups excluding tert-OH is 1. The summed E-state index contributed by atoms with van der Waals surface area (Å²) in [7, 11) is 1.65. The van der Waals surface area contributed by atoms with E-state index < -0.39 is 0 Å². The quantitative estimate of drug-likeness (QED) is 0.569. The van der Waals surface area contributed by atoms with Gasteiger partial charge in [0.15, 0.2) is 0 Å². The third-order valence-corrected chi connectivity index (χ3v) is 3.91. The molecule has 1 aromatic carbocycles. The van der Waals surface area contributed by atoms with E-state index in [9.17, 15) is 5.11 Å². The first-order valence-electron chi connectivity index (χ1n) is 7.47. The van der Waals surface area contributed by atoms with Gasteiger partial charge in [-0.3, -0.25) is 0 Å². The maximum Gasteiger partial charge on any atom is 0.119 e. The number of likely N-dealkylation sites (N-methyl/N-ethyl adjacent to an activating group) is 1. The second-order valence-corrected chi connectivity index (χ2v) is 5.53. The van der Waals surface area contributed by atoms with Crippen LogP contribution in [0, 0.1) is 0 Å². The molecule has 1 aromatic rings. The zero-order chi connectivity index (χ0) is 15.2. The number of hydrogen-bond acceptors (Lipinski definition) is 5. The maximum absolute atomic E-state index is 9.31. The van der Waals surface area contributed by atoms with Gasteiger partial charge < -0.3 is 20.6 Å². The largest absolute Gasteiger partial charge is 0.490 e. The molecule has 1 saturated carbocycles. The molecule has 0 atom stereocenters. The van der Waals surface area contributed by atoms with Crippen molar-refractivity contribution >= 4 is 5.70 Å². The van der Waals surface area contributed by atoms with E-state index in [-0.39, 0.29) is 6.61 Å². The predicted molar refractivity (Wildman–Crippen MR) is 84.1 cm³/mol. The van der Waals surface area contributed by atoms with Crippen molar-refractivity contribution < 1.29 is 9.84 Å². The van der Waals surface area contributed by atoms with E-state index in [1.807, 2.05) is 24.3 Å². The fourth-order valence-electron chi connectivity index (χ4n) is 2.64. The molecule has 0 aliphatic heterocycles. The van der Waals surface area contributed by atoms with Crippen molar-refractivity contribution in [2.45, 2.75) is 38.2 Å². The standard InChI is InChI=1S/C16H25N3O2/c1-19(18)15(11-20)16(17)12-7-9-14(10-8-12)21-13-5-3-2-4-6-13/h7-10,13,20H,2-6,11,17-18H2,1H3/b16-15-. The predicted octanol–water partition coefficient (Wildman–Crippen LogP) is 1.82. The van der Waals surface area contributed by atoms with Gasteiger partial charge >= 0.3 is 0 Å². The molecule has 1 fully saturated rings. The SMILES string of the molecule is CN(N)/C(CO)=C(\N)c1ccc(OC2CCCCC2)cc1. The molecule has 0 radical (unpaired) electrons. The molecule has 1 aliphatic carbocycles. The summed E-state index contributed by atoms with van der Waals surface area (Å²) in [6.07, 6.45) is 6.42. The Hall–Kier alpha value is -1.72. The number of hydrogen-bond donors (Lipinski definition) is 3. The Bertz CT molecular complexity index is 477. The first-order chi connectivity index (χ1) is 10.1. The van der Waals surface area contributed by atoms with Crippen LogP contribution in [0.15, 0.2) is 30.0 Å². The van der Waals surface area contributed by atoms with Gasteiger partial charge in [0.2, 0.25) is 0 Å². The van der Waals surface area contributed by atoms with Gasteiger partial charge in [0.1, 0.15) is 5.75 Å².